The maximum Gasteiger partial charge on any atom is 0.0613 e. The van der Waals surface area contributed by atoms with Crippen LogP contribution in [0.5, 0.6) is 0 Å². The Bertz CT molecular complexity index is 235. The summed E-state index contributed by atoms with van der Waals surface area (Å²) in [5.74, 6) is 1.28. The molecule has 0 heterocycles. The first-order valence-corrected chi connectivity index (χ1v) is 7.67. The lowest BCUT2D eigenvalue weighted by Gasteiger charge is -2.32. The first-order chi connectivity index (χ1) is 8.55. The number of nitrogens with two attached hydrogens (primary N) is 1. The molecular formula is C15H32N2O. The number of hydrogen-bond donors (Lipinski definition) is 2. The third-order valence-electron chi connectivity index (χ3n) is 4.81. The molecular weight excluding hydrogens is 224 g/mol. The summed E-state index contributed by atoms with van der Waals surface area (Å²) in [6, 6.07) is 0. The van der Waals surface area contributed by atoms with Crippen molar-refractivity contribution in [2.75, 3.05) is 26.2 Å². The largest absolute Gasteiger partial charge is 0.394 e. The first-order valence-electron chi connectivity index (χ1n) is 7.67. The van der Waals surface area contributed by atoms with Gasteiger partial charge < -0.3 is 15.7 Å². The van der Waals surface area contributed by atoms with Gasteiger partial charge in [0.25, 0.3) is 0 Å². The van der Waals surface area contributed by atoms with Crippen LogP contribution in [-0.4, -0.2) is 41.8 Å². The quantitative estimate of drug-likeness (QED) is 0.700. The van der Waals surface area contributed by atoms with Crippen LogP contribution in [0.3, 0.4) is 0 Å². The Kier molecular flexibility index (Phi) is 6.61. The number of rotatable bonds is 8. The highest BCUT2D eigenvalue weighted by molar-refractivity contribution is 4.96. The van der Waals surface area contributed by atoms with E-state index >= 15 is 0 Å². The number of nitrogens with zero attached hydrogens (tertiary/aromatic N) is 1. The van der Waals surface area contributed by atoms with Gasteiger partial charge in [0.2, 0.25) is 0 Å². The van der Waals surface area contributed by atoms with Gasteiger partial charge in [-0.15, -0.1) is 0 Å². The lowest BCUT2D eigenvalue weighted by atomic mass is 9.86. The van der Waals surface area contributed by atoms with E-state index in [1.54, 1.807) is 0 Å². The van der Waals surface area contributed by atoms with Gasteiger partial charge in [0, 0.05) is 12.1 Å². The van der Waals surface area contributed by atoms with Gasteiger partial charge in [-0.25, -0.2) is 0 Å². The Morgan fingerprint density at radius 3 is 2.72 bits per heavy atom. The van der Waals surface area contributed by atoms with Crippen LogP contribution in [0.25, 0.3) is 0 Å². The fraction of sp³-hybridized carbons (Fsp3) is 1.00. The molecule has 3 heteroatoms. The van der Waals surface area contributed by atoms with Crippen molar-refractivity contribution in [3.05, 3.63) is 0 Å². The molecule has 1 saturated carbocycles. The maximum atomic E-state index is 9.46. The van der Waals surface area contributed by atoms with Gasteiger partial charge in [-0.1, -0.05) is 33.6 Å². The summed E-state index contributed by atoms with van der Waals surface area (Å²) in [5.41, 5.74) is 5.99. The van der Waals surface area contributed by atoms with E-state index in [1.165, 1.54) is 25.8 Å². The van der Waals surface area contributed by atoms with Gasteiger partial charge in [0.05, 0.1) is 6.61 Å². The summed E-state index contributed by atoms with van der Waals surface area (Å²) >= 11 is 0. The summed E-state index contributed by atoms with van der Waals surface area (Å²) in [5, 5.41) is 9.46. The van der Waals surface area contributed by atoms with E-state index in [0.29, 0.717) is 5.92 Å². The van der Waals surface area contributed by atoms with Crippen LogP contribution in [0.15, 0.2) is 0 Å². The molecule has 0 aliphatic heterocycles. The highest BCUT2D eigenvalue weighted by atomic mass is 16.3. The Balaban J connectivity index is 2.38. The molecule has 1 fully saturated rings. The van der Waals surface area contributed by atoms with Crippen LogP contribution >= 0.6 is 0 Å². The summed E-state index contributed by atoms with van der Waals surface area (Å²) in [7, 11) is 0. The zero-order valence-electron chi connectivity index (χ0n) is 12.5. The molecule has 3 nitrogen and oxygen atoms in total. The molecule has 1 aliphatic carbocycles. The Hall–Kier alpha value is -0.120. The van der Waals surface area contributed by atoms with Crippen LogP contribution in [0, 0.1) is 11.8 Å². The third-order valence-corrected chi connectivity index (χ3v) is 4.81. The van der Waals surface area contributed by atoms with Gasteiger partial charge in [-0.3, -0.25) is 0 Å². The molecule has 1 rings (SSSR count). The summed E-state index contributed by atoms with van der Waals surface area (Å²) in [6.45, 7) is 10.4. The minimum Gasteiger partial charge on any atom is -0.394 e. The number of aliphatic hydroxyl groups excluding tert-OH is 1. The van der Waals surface area contributed by atoms with Crippen molar-refractivity contribution in [3.63, 3.8) is 0 Å². The SMILES string of the molecule is CCC(C)CN(CC)CCC1CCCC1(N)CO. The molecule has 3 atom stereocenters. The minimum atomic E-state index is -0.296. The Morgan fingerprint density at radius 1 is 1.44 bits per heavy atom. The monoisotopic (exact) mass is 256 g/mol. The van der Waals surface area contributed by atoms with Crippen molar-refractivity contribution >= 4 is 0 Å². The normalized spacial score (nSPS) is 30.0. The van der Waals surface area contributed by atoms with E-state index in [2.05, 4.69) is 25.7 Å². The average Bonchev–Trinajstić information content (AvgIpc) is 2.76. The molecule has 0 aromatic rings. The van der Waals surface area contributed by atoms with Crippen molar-refractivity contribution < 1.29 is 5.11 Å². The van der Waals surface area contributed by atoms with Crippen LogP contribution in [0.2, 0.25) is 0 Å². The molecule has 3 unspecified atom stereocenters. The summed E-state index contributed by atoms with van der Waals surface area (Å²) < 4.78 is 0. The van der Waals surface area contributed by atoms with Crippen molar-refractivity contribution in [2.24, 2.45) is 17.6 Å². The molecule has 0 saturated heterocycles. The molecule has 18 heavy (non-hydrogen) atoms. The second-order valence-corrected chi connectivity index (χ2v) is 6.18. The predicted octanol–water partition coefficient (Wildman–Crippen LogP) is 2.23. The van der Waals surface area contributed by atoms with E-state index < -0.39 is 0 Å². The summed E-state index contributed by atoms with van der Waals surface area (Å²) in [4.78, 5) is 2.53. The van der Waals surface area contributed by atoms with E-state index in [-0.39, 0.29) is 12.1 Å². The average molecular weight is 256 g/mol. The maximum absolute atomic E-state index is 9.46. The van der Waals surface area contributed by atoms with E-state index in [4.69, 9.17) is 5.73 Å². The van der Waals surface area contributed by atoms with Crippen molar-refractivity contribution in [1.29, 1.82) is 0 Å². The third kappa shape index (κ3) is 4.22. The summed E-state index contributed by atoms with van der Waals surface area (Å²) in [6.07, 6.45) is 5.75. The van der Waals surface area contributed by atoms with Crippen LogP contribution in [0.1, 0.15) is 52.9 Å². The Morgan fingerprint density at radius 2 is 2.17 bits per heavy atom. The second kappa shape index (κ2) is 7.46. The molecule has 0 aromatic heterocycles. The molecule has 0 amide bonds. The van der Waals surface area contributed by atoms with Crippen molar-refractivity contribution in [1.82, 2.24) is 4.90 Å². The van der Waals surface area contributed by atoms with Crippen LogP contribution < -0.4 is 5.73 Å². The van der Waals surface area contributed by atoms with E-state index in [0.717, 1.165) is 31.8 Å². The second-order valence-electron chi connectivity index (χ2n) is 6.18. The van der Waals surface area contributed by atoms with Gasteiger partial charge in [0.15, 0.2) is 0 Å². The highest BCUT2D eigenvalue weighted by Crippen LogP contribution is 2.35. The zero-order chi connectivity index (χ0) is 13.6. The van der Waals surface area contributed by atoms with Gasteiger partial charge in [-0.05, 0) is 44.2 Å². The lowest BCUT2D eigenvalue weighted by molar-refractivity contribution is 0.141. The molecule has 0 aromatic carbocycles. The molecule has 108 valence electrons. The highest BCUT2D eigenvalue weighted by Gasteiger charge is 2.38. The molecule has 0 spiro atoms. The first kappa shape index (κ1) is 15.9. The Labute approximate surface area is 113 Å². The van der Waals surface area contributed by atoms with Crippen LogP contribution in [0.4, 0.5) is 0 Å². The fourth-order valence-corrected chi connectivity index (χ4v) is 3.10. The van der Waals surface area contributed by atoms with E-state index in [9.17, 15) is 5.11 Å². The van der Waals surface area contributed by atoms with Crippen molar-refractivity contribution in [3.8, 4) is 0 Å². The van der Waals surface area contributed by atoms with Crippen molar-refractivity contribution in [2.45, 2.75) is 58.4 Å². The minimum absolute atomic E-state index is 0.148. The molecule has 0 bridgehead atoms. The number of aliphatic hydroxyl groups is 1. The van der Waals surface area contributed by atoms with Gasteiger partial charge in [-0.2, -0.15) is 0 Å². The van der Waals surface area contributed by atoms with Crippen LogP contribution in [-0.2, 0) is 0 Å². The topological polar surface area (TPSA) is 49.5 Å². The predicted molar refractivity (Wildman–Crippen MR) is 77.5 cm³/mol. The van der Waals surface area contributed by atoms with Gasteiger partial charge >= 0.3 is 0 Å². The molecule has 1 aliphatic rings. The molecule has 3 N–H and O–H groups in total. The lowest BCUT2D eigenvalue weighted by Crippen LogP contribution is -2.48. The zero-order valence-corrected chi connectivity index (χ0v) is 12.5. The fourth-order valence-electron chi connectivity index (χ4n) is 3.10. The standard InChI is InChI=1S/C15H32N2O/c1-4-13(3)11-17(5-2)10-8-14-7-6-9-15(14,16)12-18/h13-14,18H,4-12,16H2,1-3H3. The van der Waals surface area contributed by atoms with Gasteiger partial charge in [0.1, 0.15) is 0 Å². The number of hydrogen-bond acceptors (Lipinski definition) is 3. The smallest absolute Gasteiger partial charge is 0.0613 e. The molecule has 0 radical (unpaired) electrons. The van der Waals surface area contributed by atoms with E-state index in [1.807, 2.05) is 0 Å².